The summed E-state index contributed by atoms with van der Waals surface area (Å²) in [7, 11) is -0.172. The Morgan fingerprint density at radius 2 is 2.00 bits per heavy atom. The van der Waals surface area contributed by atoms with E-state index in [1.165, 1.54) is 0 Å². The monoisotopic (exact) mass is 136 g/mol. The molecule has 0 amide bonds. The van der Waals surface area contributed by atoms with Crippen LogP contribution in [-0.4, -0.2) is 23.0 Å². The van der Waals surface area contributed by atoms with Crippen LogP contribution in [0.1, 0.15) is 13.8 Å². The smallest absolute Gasteiger partial charge is 0.0968 e. The van der Waals surface area contributed by atoms with Gasteiger partial charge >= 0.3 is 0 Å². The molecule has 0 heterocycles. The largest absolute Gasteiger partial charge is 0.360 e. The molecule has 50 valence electrons. The molecule has 1 atom stereocenters. The molecule has 1 unspecified atom stereocenters. The predicted octanol–water partition coefficient (Wildman–Crippen LogP) is 0.334. The van der Waals surface area contributed by atoms with Crippen LogP contribution in [0, 0.1) is 0 Å². The third-order valence-corrected chi connectivity index (χ3v) is 1.39. The molecular weight excluding hydrogens is 123 g/mol. The summed E-state index contributed by atoms with van der Waals surface area (Å²) in [6.45, 7) is 5.95. The van der Waals surface area contributed by atoms with Crippen molar-refractivity contribution >= 4 is 8.96 Å². The van der Waals surface area contributed by atoms with E-state index in [0.717, 1.165) is 13.1 Å². The minimum Gasteiger partial charge on any atom is -0.360 e. The first-order valence-electron chi connectivity index (χ1n) is 2.74. The Morgan fingerprint density at radius 3 is 2.12 bits per heavy atom. The van der Waals surface area contributed by atoms with E-state index in [-0.39, 0.29) is 8.96 Å². The molecule has 0 aliphatic carbocycles. The highest BCUT2D eigenvalue weighted by Gasteiger charge is 1.92. The first-order chi connectivity index (χ1) is 3.85. The Bertz CT molecular complexity index is 49.3. The molecule has 0 aromatic carbocycles. The van der Waals surface area contributed by atoms with E-state index in [2.05, 4.69) is 5.20 Å². The molecular formula is C4H13N2OP. The molecule has 0 radical (unpaired) electrons. The Hall–Kier alpha value is 0.310. The maximum absolute atomic E-state index is 8.37. The third kappa shape index (κ3) is 3.33. The van der Waals surface area contributed by atoms with Gasteiger partial charge in [0.15, 0.2) is 0 Å². The second-order valence-corrected chi connectivity index (χ2v) is 1.84. The van der Waals surface area contributed by atoms with Crippen molar-refractivity contribution in [3.8, 4) is 0 Å². The maximum atomic E-state index is 8.37. The number of rotatable bonds is 4. The maximum Gasteiger partial charge on any atom is 0.0968 e. The average Bonchev–Trinajstić information content (AvgIpc) is 1.83. The minimum absolute atomic E-state index is 0.172. The molecule has 3 nitrogen and oxygen atoms in total. The second-order valence-electron chi connectivity index (χ2n) is 1.40. The predicted molar refractivity (Wildman–Crippen MR) is 36.6 cm³/mol. The summed E-state index contributed by atoms with van der Waals surface area (Å²) in [6.07, 6.45) is 0. The lowest BCUT2D eigenvalue weighted by molar-refractivity contribution is 0.269. The van der Waals surface area contributed by atoms with Gasteiger partial charge < -0.3 is 4.89 Å². The van der Waals surface area contributed by atoms with E-state index < -0.39 is 0 Å². The fourth-order valence-electron chi connectivity index (χ4n) is 0.452. The molecule has 0 aromatic rings. The summed E-state index contributed by atoms with van der Waals surface area (Å²) < 4.78 is 0. The first kappa shape index (κ1) is 8.31. The van der Waals surface area contributed by atoms with Gasteiger partial charge in [-0.25, -0.2) is 10.2 Å². The van der Waals surface area contributed by atoms with Gasteiger partial charge in [-0.3, -0.25) is 0 Å². The molecule has 0 saturated carbocycles. The highest BCUT2D eigenvalue weighted by Crippen LogP contribution is 1.93. The minimum atomic E-state index is -0.172. The van der Waals surface area contributed by atoms with Gasteiger partial charge in [0.2, 0.25) is 0 Å². The standard InChI is InChI=1S/C4H13N2OP/c1-3-6(4-2)5-8-7/h5,7-8H,3-4H2,1-2H3. The lowest BCUT2D eigenvalue weighted by Crippen LogP contribution is -2.31. The lowest BCUT2D eigenvalue weighted by atomic mass is 10.6. The van der Waals surface area contributed by atoms with Gasteiger partial charge in [0.25, 0.3) is 0 Å². The summed E-state index contributed by atoms with van der Waals surface area (Å²) in [5.74, 6) is 0. The summed E-state index contributed by atoms with van der Waals surface area (Å²) in [5, 5.41) is 4.74. The molecule has 4 heteroatoms. The molecule has 0 bridgehead atoms. The Balaban J connectivity index is 3.07. The van der Waals surface area contributed by atoms with Gasteiger partial charge in [0.05, 0.1) is 8.96 Å². The molecule has 2 N–H and O–H groups in total. The zero-order valence-electron chi connectivity index (χ0n) is 5.31. The van der Waals surface area contributed by atoms with Crippen LogP contribution in [0.5, 0.6) is 0 Å². The van der Waals surface area contributed by atoms with Gasteiger partial charge in [0, 0.05) is 13.1 Å². The summed E-state index contributed by atoms with van der Waals surface area (Å²) >= 11 is 0. The highest BCUT2D eigenvalue weighted by atomic mass is 31.1. The van der Waals surface area contributed by atoms with Crippen LogP contribution in [-0.2, 0) is 0 Å². The van der Waals surface area contributed by atoms with Crippen molar-refractivity contribution in [1.82, 2.24) is 10.2 Å². The average molecular weight is 136 g/mol. The van der Waals surface area contributed by atoms with Crippen molar-refractivity contribution in [2.24, 2.45) is 0 Å². The van der Waals surface area contributed by atoms with Gasteiger partial charge in [-0.05, 0) is 0 Å². The highest BCUT2D eigenvalue weighted by molar-refractivity contribution is 7.28. The summed E-state index contributed by atoms with van der Waals surface area (Å²) in [6, 6.07) is 0. The van der Waals surface area contributed by atoms with Crippen LogP contribution in [0.2, 0.25) is 0 Å². The number of nitrogens with one attached hydrogen (secondary N) is 1. The molecule has 8 heavy (non-hydrogen) atoms. The fourth-order valence-corrected chi connectivity index (χ4v) is 0.910. The van der Waals surface area contributed by atoms with Crippen LogP contribution >= 0.6 is 8.96 Å². The van der Waals surface area contributed by atoms with Gasteiger partial charge in [-0.15, -0.1) is 0 Å². The molecule has 0 aliphatic rings. The summed E-state index contributed by atoms with van der Waals surface area (Å²) in [5.41, 5.74) is 0. The van der Waals surface area contributed by atoms with Crippen molar-refractivity contribution in [2.75, 3.05) is 13.1 Å². The molecule has 0 aromatic heterocycles. The van der Waals surface area contributed by atoms with Gasteiger partial charge in [-0.1, -0.05) is 13.8 Å². The van der Waals surface area contributed by atoms with Crippen molar-refractivity contribution in [2.45, 2.75) is 13.8 Å². The molecule has 0 aliphatic heterocycles. The van der Waals surface area contributed by atoms with Crippen LogP contribution in [0.15, 0.2) is 0 Å². The molecule has 0 rings (SSSR count). The van der Waals surface area contributed by atoms with Crippen molar-refractivity contribution in [3.63, 3.8) is 0 Å². The van der Waals surface area contributed by atoms with Crippen LogP contribution in [0.25, 0.3) is 0 Å². The van der Waals surface area contributed by atoms with Crippen molar-refractivity contribution in [1.29, 1.82) is 0 Å². The van der Waals surface area contributed by atoms with Crippen molar-refractivity contribution < 1.29 is 4.89 Å². The molecule has 0 spiro atoms. The third-order valence-electron chi connectivity index (χ3n) is 0.972. The van der Waals surface area contributed by atoms with Crippen LogP contribution in [0.3, 0.4) is 0 Å². The van der Waals surface area contributed by atoms with E-state index in [0.29, 0.717) is 0 Å². The topological polar surface area (TPSA) is 35.5 Å². The van der Waals surface area contributed by atoms with Gasteiger partial charge in [-0.2, -0.15) is 0 Å². The van der Waals surface area contributed by atoms with Crippen LogP contribution in [0.4, 0.5) is 0 Å². The van der Waals surface area contributed by atoms with Crippen LogP contribution < -0.4 is 5.20 Å². The molecule has 0 fully saturated rings. The number of hydrogen-bond donors (Lipinski definition) is 2. The number of hydrazine groups is 1. The van der Waals surface area contributed by atoms with E-state index in [1.54, 1.807) is 0 Å². The van der Waals surface area contributed by atoms with E-state index in [9.17, 15) is 0 Å². The van der Waals surface area contributed by atoms with E-state index in [1.807, 2.05) is 18.9 Å². The van der Waals surface area contributed by atoms with E-state index >= 15 is 0 Å². The zero-order valence-corrected chi connectivity index (χ0v) is 6.31. The first-order valence-corrected chi connectivity index (χ1v) is 3.69. The zero-order chi connectivity index (χ0) is 6.41. The lowest BCUT2D eigenvalue weighted by Gasteiger charge is -2.16. The van der Waals surface area contributed by atoms with Crippen molar-refractivity contribution in [3.05, 3.63) is 0 Å². The Morgan fingerprint density at radius 1 is 1.50 bits per heavy atom. The Labute approximate surface area is 52.0 Å². The number of hydrogen-bond acceptors (Lipinski definition) is 3. The van der Waals surface area contributed by atoms with E-state index in [4.69, 9.17) is 4.89 Å². The normalized spacial score (nSPS) is 12.0. The summed E-state index contributed by atoms with van der Waals surface area (Å²) in [4.78, 5) is 8.37. The second kappa shape index (κ2) is 5.45. The number of nitrogens with zero attached hydrogens (tertiary/aromatic N) is 1. The van der Waals surface area contributed by atoms with Gasteiger partial charge in [0.1, 0.15) is 0 Å². The Kier molecular flexibility index (Phi) is 5.66. The fraction of sp³-hybridized carbons (Fsp3) is 1.00. The quantitative estimate of drug-likeness (QED) is 0.432. The SMILES string of the molecule is CCN(CC)NPO. The molecule has 0 saturated heterocycles.